The lowest BCUT2D eigenvalue weighted by Crippen LogP contribution is -2.59. The smallest absolute Gasteiger partial charge is 0.224 e. The number of rotatable bonds is 3. The summed E-state index contributed by atoms with van der Waals surface area (Å²) in [5, 5.41) is 6.05. The second kappa shape index (κ2) is 5.09. The van der Waals surface area contributed by atoms with Crippen molar-refractivity contribution >= 4 is 5.91 Å². The first kappa shape index (κ1) is 11.1. The van der Waals surface area contributed by atoms with Crippen LogP contribution in [-0.2, 0) is 11.2 Å². The van der Waals surface area contributed by atoms with Gasteiger partial charge in [0.2, 0.25) is 5.91 Å². The summed E-state index contributed by atoms with van der Waals surface area (Å²) in [5.74, 6) is 0.0318. The molecule has 1 aliphatic rings. The fraction of sp³-hybridized carbons (Fsp3) is 0.417. The summed E-state index contributed by atoms with van der Waals surface area (Å²) in [6.45, 7) is 0. The van der Waals surface area contributed by atoms with Crippen molar-refractivity contribution in [1.29, 1.82) is 0 Å². The van der Waals surface area contributed by atoms with Gasteiger partial charge >= 0.3 is 0 Å². The predicted octanol–water partition coefficient (Wildman–Crippen LogP) is 0.340. The van der Waals surface area contributed by atoms with Gasteiger partial charge in [-0.3, -0.25) is 10.1 Å². The van der Waals surface area contributed by atoms with Gasteiger partial charge < -0.3 is 11.1 Å². The van der Waals surface area contributed by atoms with Crippen molar-refractivity contribution in [2.24, 2.45) is 5.73 Å². The van der Waals surface area contributed by atoms with Crippen LogP contribution in [0.25, 0.3) is 0 Å². The third-order valence-corrected chi connectivity index (χ3v) is 2.72. The molecule has 0 saturated carbocycles. The number of nitrogens with two attached hydrogens (primary N) is 1. The van der Waals surface area contributed by atoms with E-state index in [1.54, 1.807) is 0 Å². The van der Waals surface area contributed by atoms with Crippen LogP contribution in [0.15, 0.2) is 30.3 Å². The highest BCUT2D eigenvalue weighted by Gasteiger charge is 2.22. The van der Waals surface area contributed by atoms with Crippen LogP contribution in [0.3, 0.4) is 0 Å². The molecule has 2 rings (SSSR count). The third-order valence-electron chi connectivity index (χ3n) is 2.72. The van der Waals surface area contributed by atoms with Crippen molar-refractivity contribution in [1.82, 2.24) is 10.6 Å². The van der Waals surface area contributed by atoms with E-state index in [1.807, 2.05) is 18.2 Å². The predicted molar refractivity (Wildman–Crippen MR) is 62.4 cm³/mol. The van der Waals surface area contributed by atoms with Gasteiger partial charge in [0.15, 0.2) is 0 Å². The molecule has 0 bridgehead atoms. The van der Waals surface area contributed by atoms with Gasteiger partial charge in [-0.05, 0) is 18.4 Å². The number of hydrogen-bond acceptors (Lipinski definition) is 3. The summed E-state index contributed by atoms with van der Waals surface area (Å²) in [7, 11) is 0. The highest BCUT2D eigenvalue weighted by molar-refractivity contribution is 5.77. The maximum absolute atomic E-state index is 11.3. The maximum Gasteiger partial charge on any atom is 0.224 e. The molecule has 1 aromatic rings. The van der Waals surface area contributed by atoms with Gasteiger partial charge in [-0.25, -0.2) is 0 Å². The van der Waals surface area contributed by atoms with E-state index < -0.39 is 0 Å². The summed E-state index contributed by atoms with van der Waals surface area (Å²) < 4.78 is 0. The Bertz CT molecular complexity index is 353. The molecular weight excluding hydrogens is 202 g/mol. The first-order chi connectivity index (χ1) is 7.74. The lowest BCUT2D eigenvalue weighted by molar-refractivity contribution is -0.124. The Hall–Kier alpha value is -1.39. The zero-order chi connectivity index (χ0) is 11.4. The quantitative estimate of drug-likeness (QED) is 0.686. The average Bonchev–Trinajstić information content (AvgIpc) is 2.27. The van der Waals surface area contributed by atoms with Gasteiger partial charge in [0.25, 0.3) is 0 Å². The Labute approximate surface area is 95.2 Å². The molecule has 1 heterocycles. The molecule has 1 saturated heterocycles. The van der Waals surface area contributed by atoms with Crippen LogP contribution in [0.4, 0.5) is 0 Å². The number of amides is 1. The summed E-state index contributed by atoms with van der Waals surface area (Å²) in [6, 6.07) is 10.2. The monoisotopic (exact) mass is 219 g/mol. The lowest BCUT2D eigenvalue weighted by atomic mass is 10.1. The summed E-state index contributed by atoms with van der Waals surface area (Å²) >= 11 is 0. The topological polar surface area (TPSA) is 67.2 Å². The molecule has 1 fully saturated rings. The zero-order valence-corrected chi connectivity index (χ0v) is 9.15. The van der Waals surface area contributed by atoms with E-state index in [0.717, 1.165) is 12.8 Å². The molecule has 1 amide bonds. The standard InChI is InChI=1S/C12H17N3O/c13-10-8-12(16)15-11(14-10)7-6-9-4-2-1-3-5-9/h1-5,10-11,14H,6-8,13H2,(H,15,16). The van der Waals surface area contributed by atoms with Gasteiger partial charge in [0.1, 0.15) is 0 Å². The molecule has 16 heavy (non-hydrogen) atoms. The van der Waals surface area contributed by atoms with Crippen molar-refractivity contribution in [3.05, 3.63) is 35.9 Å². The fourth-order valence-electron chi connectivity index (χ4n) is 1.92. The molecule has 1 aliphatic heterocycles. The number of carbonyl (C=O) groups excluding carboxylic acids is 1. The van der Waals surface area contributed by atoms with Crippen molar-refractivity contribution in [2.45, 2.75) is 31.6 Å². The first-order valence-electron chi connectivity index (χ1n) is 5.59. The van der Waals surface area contributed by atoms with Gasteiger partial charge in [-0.15, -0.1) is 0 Å². The molecule has 2 atom stereocenters. The second-order valence-corrected chi connectivity index (χ2v) is 4.12. The molecule has 0 aliphatic carbocycles. The fourth-order valence-corrected chi connectivity index (χ4v) is 1.92. The molecule has 0 aromatic heterocycles. The van der Waals surface area contributed by atoms with Gasteiger partial charge in [-0.1, -0.05) is 30.3 Å². The first-order valence-corrected chi connectivity index (χ1v) is 5.59. The second-order valence-electron chi connectivity index (χ2n) is 4.12. The van der Waals surface area contributed by atoms with Gasteiger partial charge in [0.05, 0.1) is 18.8 Å². The Balaban J connectivity index is 1.84. The third kappa shape index (κ3) is 3.05. The van der Waals surface area contributed by atoms with E-state index in [0.29, 0.717) is 6.42 Å². The number of aryl methyl sites for hydroxylation is 1. The van der Waals surface area contributed by atoms with Crippen molar-refractivity contribution in [3.8, 4) is 0 Å². The Morgan fingerprint density at radius 2 is 2.06 bits per heavy atom. The SMILES string of the molecule is NC1CC(=O)NC(CCc2ccccc2)N1. The van der Waals surface area contributed by atoms with Crippen LogP contribution >= 0.6 is 0 Å². The largest absolute Gasteiger partial charge is 0.341 e. The minimum Gasteiger partial charge on any atom is -0.341 e. The number of carbonyl (C=O) groups is 1. The summed E-state index contributed by atoms with van der Waals surface area (Å²) in [6.07, 6.45) is 1.95. The lowest BCUT2D eigenvalue weighted by Gasteiger charge is -2.29. The molecular formula is C12H17N3O. The molecule has 2 unspecified atom stereocenters. The number of benzene rings is 1. The molecule has 0 spiro atoms. The van der Waals surface area contributed by atoms with Crippen molar-refractivity contribution < 1.29 is 4.79 Å². The highest BCUT2D eigenvalue weighted by Crippen LogP contribution is 2.06. The van der Waals surface area contributed by atoms with E-state index in [4.69, 9.17) is 5.73 Å². The summed E-state index contributed by atoms with van der Waals surface area (Å²) in [4.78, 5) is 11.3. The van der Waals surface area contributed by atoms with E-state index in [1.165, 1.54) is 5.56 Å². The highest BCUT2D eigenvalue weighted by atomic mass is 16.2. The van der Waals surface area contributed by atoms with E-state index in [2.05, 4.69) is 22.8 Å². The van der Waals surface area contributed by atoms with Gasteiger partial charge in [0, 0.05) is 0 Å². The van der Waals surface area contributed by atoms with Crippen LogP contribution in [0.1, 0.15) is 18.4 Å². The Kier molecular flexibility index (Phi) is 3.54. The van der Waals surface area contributed by atoms with Crippen molar-refractivity contribution in [3.63, 3.8) is 0 Å². The molecule has 4 N–H and O–H groups in total. The zero-order valence-electron chi connectivity index (χ0n) is 9.15. The van der Waals surface area contributed by atoms with Crippen LogP contribution in [0.5, 0.6) is 0 Å². The van der Waals surface area contributed by atoms with Crippen LogP contribution in [0, 0.1) is 0 Å². The van der Waals surface area contributed by atoms with Crippen LogP contribution in [0.2, 0.25) is 0 Å². The van der Waals surface area contributed by atoms with E-state index in [9.17, 15) is 4.79 Å². The van der Waals surface area contributed by atoms with E-state index in [-0.39, 0.29) is 18.2 Å². The normalized spacial score (nSPS) is 25.2. The maximum atomic E-state index is 11.3. The molecule has 0 radical (unpaired) electrons. The van der Waals surface area contributed by atoms with Gasteiger partial charge in [-0.2, -0.15) is 0 Å². The molecule has 1 aromatic carbocycles. The Morgan fingerprint density at radius 3 is 2.75 bits per heavy atom. The number of nitrogens with one attached hydrogen (secondary N) is 2. The van der Waals surface area contributed by atoms with Crippen LogP contribution in [-0.4, -0.2) is 18.2 Å². The molecule has 4 heteroatoms. The number of hydrogen-bond donors (Lipinski definition) is 3. The minimum absolute atomic E-state index is 0.00328. The Morgan fingerprint density at radius 1 is 1.31 bits per heavy atom. The van der Waals surface area contributed by atoms with E-state index >= 15 is 0 Å². The van der Waals surface area contributed by atoms with Crippen molar-refractivity contribution in [2.75, 3.05) is 0 Å². The van der Waals surface area contributed by atoms with Crippen LogP contribution < -0.4 is 16.4 Å². The molecule has 4 nitrogen and oxygen atoms in total. The molecule has 86 valence electrons. The summed E-state index contributed by atoms with van der Waals surface area (Å²) in [5.41, 5.74) is 6.99. The average molecular weight is 219 g/mol. The minimum atomic E-state index is -0.213.